The van der Waals surface area contributed by atoms with E-state index < -0.39 is 6.10 Å². The lowest BCUT2D eigenvalue weighted by atomic mass is 9.95. The second kappa shape index (κ2) is 8.64. The first-order valence-electron chi connectivity index (χ1n) is 8.86. The summed E-state index contributed by atoms with van der Waals surface area (Å²) in [6, 6.07) is 7.34. The normalized spacial score (nSPS) is 24.4. The van der Waals surface area contributed by atoms with Crippen molar-refractivity contribution in [2.75, 3.05) is 20.3 Å². The zero-order valence-corrected chi connectivity index (χ0v) is 14.9. The summed E-state index contributed by atoms with van der Waals surface area (Å²) >= 11 is 0. The van der Waals surface area contributed by atoms with E-state index in [-0.39, 0.29) is 24.9 Å². The molecule has 0 radical (unpaired) electrons. The molecule has 26 heavy (non-hydrogen) atoms. The molecule has 0 aliphatic carbocycles. The third kappa shape index (κ3) is 4.42. The standard InChI is InChI=1S/C19H26N2O5/c1-24-13-3-5-17-15(9-13)18(6-7-21-17)25-11-14-2-4-16(20)19(26-14)8-12(23)10-22/h3,5-7,9,12,14,16,19,22-23H,2,4,8,10-11,20H2,1H3/t12?,14-,16+,19+/m0/s1. The fourth-order valence-electron chi connectivity index (χ4n) is 3.21. The number of aromatic nitrogens is 1. The highest BCUT2D eigenvalue weighted by Gasteiger charge is 2.30. The smallest absolute Gasteiger partial charge is 0.130 e. The quantitative estimate of drug-likeness (QED) is 0.680. The Hall–Kier alpha value is -1.93. The van der Waals surface area contributed by atoms with E-state index in [4.69, 9.17) is 25.1 Å². The largest absolute Gasteiger partial charge is 0.497 e. The van der Waals surface area contributed by atoms with E-state index in [9.17, 15) is 5.11 Å². The minimum atomic E-state index is -0.817. The number of aliphatic hydroxyl groups excluding tert-OH is 2. The molecule has 4 N–H and O–H groups in total. The van der Waals surface area contributed by atoms with E-state index >= 15 is 0 Å². The first-order valence-corrected chi connectivity index (χ1v) is 8.86. The lowest BCUT2D eigenvalue weighted by Crippen LogP contribution is -2.47. The molecule has 2 aromatic rings. The summed E-state index contributed by atoms with van der Waals surface area (Å²) in [6.07, 6.45) is 2.41. The fourth-order valence-corrected chi connectivity index (χ4v) is 3.21. The average Bonchev–Trinajstić information content (AvgIpc) is 2.67. The van der Waals surface area contributed by atoms with Crippen molar-refractivity contribution in [3.8, 4) is 11.5 Å². The SMILES string of the molecule is COc1ccc2nccc(OC[C@@H]3CC[C@@H](N)[C@@H](CC(O)CO)O3)c2c1. The molecule has 1 aliphatic heterocycles. The number of rotatable bonds is 7. The van der Waals surface area contributed by atoms with Crippen molar-refractivity contribution in [2.24, 2.45) is 5.73 Å². The molecule has 7 nitrogen and oxygen atoms in total. The van der Waals surface area contributed by atoms with Gasteiger partial charge in [0.15, 0.2) is 0 Å². The Morgan fingerprint density at radius 2 is 2.19 bits per heavy atom. The maximum atomic E-state index is 9.65. The van der Waals surface area contributed by atoms with E-state index in [0.29, 0.717) is 13.0 Å². The monoisotopic (exact) mass is 362 g/mol. The third-order valence-corrected chi connectivity index (χ3v) is 4.72. The molecule has 1 fully saturated rings. The van der Waals surface area contributed by atoms with Crippen molar-refractivity contribution in [3.05, 3.63) is 30.5 Å². The summed E-state index contributed by atoms with van der Waals surface area (Å²) in [7, 11) is 1.62. The molecule has 0 spiro atoms. The van der Waals surface area contributed by atoms with Gasteiger partial charge in [0, 0.05) is 24.0 Å². The lowest BCUT2D eigenvalue weighted by Gasteiger charge is -2.35. The fraction of sp³-hybridized carbons (Fsp3) is 0.526. The number of hydrogen-bond donors (Lipinski definition) is 3. The van der Waals surface area contributed by atoms with Crippen LogP contribution < -0.4 is 15.2 Å². The Morgan fingerprint density at radius 1 is 1.35 bits per heavy atom. The second-order valence-corrected chi connectivity index (χ2v) is 6.61. The Balaban J connectivity index is 1.66. The number of aliphatic hydroxyl groups is 2. The number of nitrogens with two attached hydrogens (primary N) is 1. The molecule has 4 atom stereocenters. The van der Waals surface area contributed by atoms with E-state index in [2.05, 4.69) is 4.98 Å². The molecule has 7 heteroatoms. The molecule has 142 valence electrons. The van der Waals surface area contributed by atoms with Gasteiger partial charge in [0.2, 0.25) is 0 Å². The van der Waals surface area contributed by atoms with Crippen LogP contribution in [0.1, 0.15) is 19.3 Å². The van der Waals surface area contributed by atoms with Crippen molar-refractivity contribution in [1.82, 2.24) is 4.98 Å². The second-order valence-electron chi connectivity index (χ2n) is 6.61. The zero-order valence-electron chi connectivity index (χ0n) is 14.9. The first kappa shape index (κ1) is 18.8. The van der Waals surface area contributed by atoms with E-state index in [1.54, 1.807) is 13.3 Å². The van der Waals surface area contributed by atoms with Crippen molar-refractivity contribution in [3.63, 3.8) is 0 Å². The summed E-state index contributed by atoms with van der Waals surface area (Å²) < 4.78 is 17.3. The third-order valence-electron chi connectivity index (χ3n) is 4.72. The minimum absolute atomic E-state index is 0.112. The van der Waals surface area contributed by atoms with Crippen molar-refractivity contribution in [2.45, 2.75) is 43.6 Å². The first-order chi connectivity index (χ1) is 12.6. The topological polar surface area (TPSA) is 107 Å². The zero-order chi connectivity index (χ0) is 18.5. The van der Waals surface area contributed by atoms with Gasteiger partial charge in [-0.15, -0.1) is 0 Å². The molecule has 1 saturated heterocycles. The molecule has 1 aromatic carbocycles. The molecule has 1 aliphatic rings. The molecule has 0 saturated carbocycles. The van der Waals surface area contributed by atoms with Gasteiger partial charge in [-0.25, -0.2) is 0 Å². The number of nitrogens with zero attached hydrogens (tertiary/aromatic N) is 1. The van der Waals surface area contributed by atoms with Crippen molar-refractivity contribution >= 4 is 10.9 Å². The molecular weight excluding hydrogens is 336 g/mol. The highest BCUT2D eigenvalue weighted by molar-refractivity contribution is 5.86. The number of ether oxygens (including phenoxy) is 3. The number of methoxy groups -OCH3 is 1. The van der Waals surface area contributed by atoms with Gasteiger partial charge in [0.1, 0.15) is 18.1 Å². The van der Waals surface area contributed by atoms with Gasteiger partial charge in [-0.05, 0) is 37.1 Å². The highest BCUT2D eigenvalue weighted by atomic mass is 16.5. The maximum Gasteiger partial charge on any atom is 0.130 e. The predicted octanol–water partition coefficient (Wildman–Crippen LogP) is 1.24. The minimum Gasteiger partial charge on any atom is -0.497 e. The van der Waals surface area contributed by atoms with Crippen LogP contribution in [0.25, 0.3) is 10.9 Å². The van der Waals surface area contributed by atoms with Crippen molar-refractivity contribution in [1.29, 1.82) is 0 Å². The van der Waals surface area contributed by atoms with Crippen LogP contribution in [0, 0.1) is 0 Å². The van der Waals surface area contributed by atoms with Gasteiger partial charge in [0.05, 0.1) is 37.5 Å². The number of pyridine rings is 1. The summed E-state index contributed by atoms with van der Waals surface area (Å²) in [5.74, 6) is 1.47. The molecule has 1 unspecified atom stereocenters. The molecule has 1 aromatic heterocycles. The van der Waals surface area contributed by atoms with Crippen LogP contribution in [0.15, 0.2) is 30.5 Å². The van der Waals surface area contributed by atoms with Gasteiger partial charge in [-0.1, -0.05) is 0 Å². The Bertz CT molecular complexity index is 726. The molecule has 2 heterocycles. The molecule has 0 bridgehead atoms. The van der Waals surface area contributed by atoms with Crippen LogP contribution in [-0.2, 0) is 4.74 Å². The Kier molecular flexibility index (Phi) is 6.26. The van der Waals surface area contributed by atoms with Crippen LogP contribution in [0.2, 0.25) is 0 Å². The van der Waals surface area contributed by atoms with Crippen LogP contribution in [0.4, 0.5) is 0 Å². The average molecular weight is 362 g/mol. The van der Waals surface area contributed by atoms with Gasteiger partial charge < -0.3 is 30.2 Å². The number of fused-ring (bicyclic) bond motifs is 1. The summed E-state index contributed by atoms with van der Waals surface area (Å²) in [5, 5.41) is 19.6. The van der Waals surface area contributed by atoms with Gasteiger partial charge >= 0.3 is 0 Å². The number of hydrogen-bond acceptors (Lipinski definition) is 7. The summed E-state index contributed by atoms with van der Waals surface area (Å²) in [4.78, 5) is 4.34. The van der Waals surface area contributed by atoms with Crippen molar-refractivity contribution < 1.29 is 24.4 Å². The van der Waals surface area contributed by atoms with Crippen LogP contribution in [-0.4, -0.2) is 59.9 Å². The molecular formula is C19H26N2O5. The van der Waals surface area contributed by atoms with Gasteiger partial charge in [-0.3, -0.25) is 4.98 Å². The van der Waals surface area contributed by atoms with Crippen LogP contribution >= 0.6 is 0 Å². The predicted molar refractivity (Wildman–Crippen MR) is 97.4 cm³/mol. The van der Waals surface area contributed by atoms with E-state index in [0.717, 1.165) is 35.2 Å². The molecule has 3 rings (SSSR count). The van der Waals surface area contributed by atoms with Gasteiger partial charge in [0.25, 0.3) is 0 Å². The summed E-state index contributed by atoms with van der Waals surface area (Å²) in [6.45, 7) is 0.0906. The molecule has 0 amide bonds. The number of benzene rings is 1. The highest BCUT2D eigenvalue weighted by Crippen LogP contribution is 2.29. The van der Waals surface area contributed by atoms with Gasteiger partial charge in [-0.2, -0.15) is 0 Å². The lowest BCUT2D eigenvalue weighted by molar-refractivity contribution is -0.0957. The van der Waals surface area contributed by atoms with E-state index in [1.165, 1.54) is 0 Å². The Morgan fingerprint density at radius 3 is 2.96 bits per heavy atom. The van der Waals surface area contributed by atoms with E-state index in [1.807, 2.05) is 24.3 Å². The summed E-state index contributed by atoms with van der Waals surface area (Å²) in [5.41, 5.74) is 6.91. The maximum absolute atomic E-state index is 9.65. The Labute approximate surface area is 152 Å². The van der Waals surface area contributed by atoms with Crippen LogP contribution in [0.5, 0.6) is 11.5 Å². The van der Waals surface area contributed by atoms with Crippen LogP contribution in [0.3, 0.4) is 0 Å².